The van der Waals surface area contributed by atoms with Crippen molar-refractivity contribution >= 4 is 20.0 Å². The number of rotatable bonds is 7. The smallest absolute Gasteiger partial charge is 0.364 e. The Morgan fingerprint density at radius 2 is 2.00 bits per heavy atom. The molecule has 17 heavy (non-hydrogen) atoms. The molecule has 0 fully saturated rings. The normalized spacial score (nSPS) is 11.6. The van der Waals surface area contributed by atoms with Crippen LogP contribution in [0.5, 0.6) is 0 Å². The molecule has 6 heteroatoms. The molecular weight excluding hydrogens is 238 g/mol. The van der Waals surface area contributed by atoms with Crippen LogP contribution in [-0.4, -0.2) is 33.7 Å². The van der Waals surface area contributed by atoms with Crippen LogP contribution in [0.15, 0.2) is 30.1 Å². The third-order valence-corrected chi connectivity index (χ3v) is 2.26. The molecule has 0 radical (unpaired) electrons. The Labute approximate surface area is 103 Å². The minimum absolute atomic E-state index is 0.0585. The van der Waals surface area contributed by atoms with Crippen molar-refractivity contribution in [1.29, 1.82) is 0 Å². The maximum absolute atomic E-state index is 11.6. The molecular formula is C11H19NO4Si. The van der Waals surface area contributed by atoms with Gasteiger partial charge in [-0.15, -0.1) is 0 Å². The molecule has 0 aromatic rings. The van der Waals surface area contributed by atoms with E-state index in [9.17, 15) is 4.79 Å². The Kier molecular flexibility index (Phi) is 6.27. The van der Waals surface area contributed by atoms with Gasteiger partial charge in [-0.1, -0.05) is 24.4 Å². The van der Waals surface area contributed by atoms with E-state index in [1.807, 2.05) is 19.6 Å². The van der Waals surface area contributed by atoms with Crippen LogP contribution in [0.3, 0.4) is 0 Å². The molecule has 0 heterocycles. The number of carbonyl (C=O) groups excluding carboxylic acids is 1. The van der Waals surface area contributed by atoms with E-state index in [4.69, 9.17) is 9.16 Å². The first-order valence-electron chi connectivity index (χ1n) is 5.09. The molecule has 0 saturated heterocycles. The first-order chi connectivity index (χ1) is 7.81. The molecule has 0 aromatic heterocycles. The zero-order valence-corrected chi connectivity index (χ0v) is 11.8. The summed E-state index contributed by atoms with van der Waals surface area (Å²) in [4.78, 5) is 16.2. The third kappa shape index (κ3) is 6.57. The van der Waals surface area contributed by atoms with Gasteiger partial charge in [0, 0.05) is 0 Å². The number of ether oxygens (including phenoxy) is 1. The molecule has 5 nitrogen and oxygen atoms in total. The first-order valence-corrected chi connectivity index (χ1v) is 8.50. The summed E-state index contributed by atoms with van der Waals surface area (Å²) < 4.78 is 10.4. The third-order valence-electron chi connectivity index (χ3n) is 1.40. The summed E-state index contributed by atoms with van der Waals surface area (Å²) in [7, 11) is -0.517. The van der Waals surface area contributed by atoms with E-state index in [1.54, 1.807) is 0 Å². The standard InChI is InChI=1S/C11H19NO4Si/c1-7-8-15-11(13)10(12-14-3)9(2)16-17(4,5)6/h7H,1-2,8H2,3-6H3. The SMILES string of the molecule is C=CCOC(=O)C(=NOC)C(=C)O[Si](C)(C)C. The summed E-state index contributed by atoms with van der Waals surface area (Å²) in [6.07, 6.45) is 1.46. The number of esters is 1. The fourth-order valence-corrected chi connectivity index (χ4v) is 1.75. The van der Waals surface area contributed by atoms with Crippen LogP contribution < -0.4 is 0 Å². The summed E-state index contributed by atoms with van der Waals surface area (Å²) >= 11 is 0. The lowest BCUT2D eigenvalue weighted by Gasteiger charge is -2.20. The Morgan fingerprint density at radius 1 is 1.41 bits per heavy atom. The number of carbonyl (C=O) groups is 1. The zero-order valence-electron chi connectivity index (χ0n) is 10.8. The summed E-state index contributed by atoms with van der Waals surface area (Å²) in [5, 5.41) is 3.57. The first kappa shape index (κ1) is 15.4. The van der Waals surface area contributed by atoms with Crippen LogP contribution in [0.25, 0.3) is 0 Å². The van der Waals surface area contributed by atoms with Crippen LogP contribution in [0, 0.1) is 0 Å². The molecule has 0 amide bonds. The van der Waals surface area contributed by atoms with Crippen molar-refractivity contribution in [1.82, 2.24) is 0 Å². The van der Waals surface area contributed by atoms with E-state index in [2.05, 4.69) is 23.2 Å². The van der Waals surface area contributed by atoms with Gasteiger partial charge < -0.3 is 14.0 Å². The monoisotopic (exact) mass is 257 g/mol. The molecule has 0 aliphatic heterocycles. The molecule has 0 aliphatic rings. The highest BCUT2D eigenvalue weighted by molar-refractivity contribution is 6.70. The number of hydrogen-bond donors (Lipinski definition) is 0. The zero-order chi connectivity index (χ0) is 13.5. The Morgan fingerprint density at radius 3 is 2.41 bits per heavy atom. The Hall–Kier alpha value is -1.56. The van der Waals surface area contributed by atoms with Gasteiger partial charge in [0.1, 0.15) is 19.5 Å². The second-order valence-electron chi connectivity index (χ2n) is 4.15. The fourth-order valence-electron chi connectivity index (χ4n) is 0.914. The van der Waals surface area contributed by atoms with E-state index in [-0.39, 0.29) is 18.1 Å². The van der Waals surface area contributed by atoms with Crippen molar-refractivity contribution in [3.8, 4) is 0 Å². The molecule has 0 unspecified atom stereocenters. The number of oxime groups is 1. The lowest BCUT2D eigenvalue weighted by molar-refractivity contribution is -0.134. The predicted molar refractivity (Wildman–Crippen MR) is 69.2 cm³/mol. The lowest BCUT2D eigenvalue weighted by Crippen LogP contribution is -2.30. The van der Waals surface area contributed by atoms with Gasteiger partial charge >= 0.3 is 5.97 Å². The maximum atomic E-state index is 11.6. The molecule has 0 atom stereocenters. The molecule has 0 bridgehead atoms. The van der Waals surface area contributed by atoms with Crippen LogP contribution in [0.1, 0.15) is 0 Å². The van der Waals surface area contributed by atoms with Crippen molar-refractivity contribution in [3.05, 3.63) is 25.0 Å². The molecule has 0 aromatic carbocycles. The van der Waals surface area contributed by atoms with Gasteiger partial charge in [-0.25, -0.2) is 4.79 Å². The largest absolute Gasteiger partial charge is 0.543 e. The van der Waals surface area contributed by atoms with Crippen LogP contribution in [-0.2, 0) is 18.8 Å². The van der Waals surface area contributed by atoms with E-state index in [0.29, 0.717) is 0 Å². The van der Waals surface area contributed by atoms with Crippen molar-refractivity contribution < 1.29 is 18.8 Å². The van der Waals surface area contributed by atoms with Crippen molar-refractivity contribution in [2.24, 2.45) is 5.16 Å². The quantitative estimate of drug-likeness (QED) is 0.175. The average Bonchev–Trinajstić information content (AvgIpc) is 2.19. The maximum Gasteiger partial charge on any atom is 0.364 e. The molecule has 0 aliphatic carbocycles. The Balaban J connectivity index is 4.75. The second kappa shape index (κ2) is 6.90. The van der Waals surface area contributed by atoms with E-state index in [0.717, 1.165) is 0 Å². The number of nitrogens with zero attached hydrogens (tertiary/aromatic N) is 1. The van der Waals surface area contributed by atoms with Crippen molar-refractivity contribution in [2.75, 3.05) is 13.7 Å². The molecule has 0 N–H and O–H groups in total. The van der Waals surface area contributed by atoms with Crippen LogP contribution in [0.2, 0.25) is 19.6 Å². The summed E-state index contributed by atoms with van der Waals surface area (Å²) in [6.45, 7) is 13.1. The molecule has 0 spiro atoms. The van der Waals surface area contributed by atoms with Gasteiger partial charge in [0.25, 0.3) is 0 Å². The van der Waals surface area contributed by atoms with Crippen LogP contribution >= 0.6 is 0 Å². The van der Waals surface area contributed by atoms with Gasteiger partial charge in [0.05, 0.1) is 0 Å². The minimum atomic E-state index is -1.85. The summed E-state index contributed by atoms with van der Waals surface area (Å²) in [6, 6.07) is 0. The Bertz CT molecular complexity index is 331. The van der Waals surface area contributed by atoms with Gasteiger partial charge in [-0.2, -0.15) is 0 Å². The van der Waals surface area contributed by atoms with Gasteiger partial charge in [-0.05, 0) is 19.6 Å². The minimum Gasteiger partial charge on any atom is -0.543 e. The topological polar surface area (TPSA) is 57.1 Å². The highest BCUT2D eigenvalue weighted by atomic mass is 28.4. The summed E-state index contributed by atoms with van der Waals surface area (Å²) in [5.41, 5.74) is -0.0585. The second-order valence-corrected chi connectivity index (χ2v) is 8.58. The van der Waals surface area contributed by atoms with E-state index >= 15 is 0 Å². The average molecular weight is 257 g/mol. The van der Waals surface area contributed by atoms with Gasteiger partial charge in [0.2, 0.25) is 14.0 Å². The van der Waals surface area contributed by atoms with Crippen molar-refractivity contribution in [2.45, 2.75) is 19.6 Å². The fraction of sp³-hybridized carbons (Fsp3) is 0.455. The molecule has 96 valence electrons. The van der Waals surface area contributed by atoms with Gasteiger partial charge in [0.15, 0.2) is 0 Å². The van der Waals surface area contributed by atoms with Gasteiger partial charge in [-0.3, -0.25) is 0 Å². The highest BCUT2D eigenvalue weighted by Crippen LogP contribution is 2.11. The lowest BCUT2D eigenvalue weighted by atomic mass is 10.3. The predicted octanol–water partition coefficient (Wildman–Crippen LogP) is 2.08. The van der Waals surface area contributed by atoms with E-state index in [1.165, 1.54) is 13.2 Å². The molecule has 0 saturated carbocycles. The van der Waals surface area contributed by atoms with Crippen molar-refractivity contribution in [3.63, 3.8) is 0 Å². The summed E-state index contributed by atoms with van der Waals surface area (Å²) in [5.74, 6) is -0.477. The highest BCUT2D eigenvalue weighted by Gasteiger charge is 2.24. The van der Waals surface area contributed by atoms with Crippen LogP contribution in [0.4, 0.5) is 0 Å². The number of hydrogen-bond acceptors (Lipinski definition) is 5. The molecule has 0 rings (SSSR count). The van der Waals surface area contributed by atoms with E-state index < -0.39 is 14.3 Å².